The van der Waals surface area contributed by atoms with E-state index in [0.717, 1.165) is 11.3 Å². The summed E-state index contributed by atoms with van der Waals surface area (Å²) in [5.41, 5.74) is 0.581. The molecular formula is C18H17N3O3. The Balaban J connectivity index is 1.60. The number of carbonyl (C=O) groups is 2. The third kappa shape index (κ3) is 2.22. The highest BCUT2D eigenvalue weighted by Crippen LogP contribution is 2.40. The van der Waals surface area contributed by atoms with Gasteiger partial charge in [0.2, 0.25) is 0 Å². The number of hydrogen-bond donors (Lipinski definition) is 1. The lowest BCUT2D eigenvalue weighted by Crippen LogP contribution is -2.47. The Kier molecular flexibility index (Phi) is 3.45. The van der Waals surface area contributed by atoms with Crippen molar-refractivity contribution in [3.8, 4) is 5.75 Å². The summed E-state index contributed by atoms with van der Waals surface area (Å²) in [6.45, 7) is 0.712. The number of amides is 3. The molecule has 0 unspecified atom stereocenters. The predicted molar refractivity (Wildman–Crippen MR) is 86.4 cm³/mol. The van der Waals surface area contributed by atoms with E-state index in [1.807, 2.05) is 42.5 Å². The van der Waals surface area contributed by atoms with Crippen molar-refractivity contribution in [1.82, 2.24) is 15.2 Å². The largest absolute Gasteiger partial charge is 0.493 e. The predicted octanol–water partition coefficient (Wildman–Crippen LogP) is 1.85. The lowest BCUT2D eigenvalue weighted by molar-refractivity contribution is -0.132. The fourth-order valence-corrected chi connectivity index (χ4v) is 3.35. The van der Waals surface area contributed by atoms with E-state index < -0.39 is 5.54 Å². The number of para-hydroxylation sites is 1. The minimum atomic E-state index is -1.00. The molecule has 6 heteroatoms. The van der Waals surface area contributed by atoms with Gasteiger partial charge in [-0.1, -0.05) is 24.3 Å². The minimum Gasteiger partial charge on any atom is -0.493 e. The van der Waals surface area contributed by atoms with E-state index in [2.05, 4.69) is 10.3 Å². The molecule has 4 rings (SSSR count). The van der Waals surface area contributed by atoms with Gasteiger partial charge >= 0.3 is 6.03 Å². The van der Waals surface area contributed by atoms with Gasteiger partial charge in [-0.3, -0.25) is 14.7 Å². The first-order valence-electron chi connectivity index (χ1n) is 7.97. The van der Waals surface area contributed by atoms with Crippen LogP contribution in [0.4, 0.5) is 4.79 Å². The molecule has 1 aromatic heterocycles. The van der Waals surface area contributed by atoms with Gasteiger partial charge in [-0.15, -0.1) is 0 Å². The molecule has 1 fully saturated rings. The van der Waals surface area contributed by atoms with Gasteiger partial charge in [0.15, 0.2) is 5.54 Å². The lowest BCUT2D eigenvalue weighted by Gasteiger charge is -2.33. The van der Waals surface area contributed by atoms with Gasteiger partial charge in [-0.25, -0.2) is 4.79 Å². The highest BCUT2D eigenvalue weighted by molar-refractivity contribution is 6.07. The van der Waals surface area contributed by atoms with Crippen molar-refractivity contribution in [1.29, 1.82) is 0 Å². The average molecular weight is 323 g/mol. The summed E-state index contributed by atoms with van der Waals surface area (Å²) in [5, 5.41) is 2.90. The Morgan fingerprint density at radius 3 is 2.83 bits per heavy atom. The van der Waals surface area contributed by atoms with E-state index in [0.29, 0.717) is 31.7 Å². The second-order valence-corrected chi connectivity index (χ2v) is 5.96. The van der Waals surface area contributed by atoms with Gasteiger partial charge in [-0.05, 0) is 18.2 Å². The van der Waals surface area contributed by atoms with Crippen LogP contribution in [0.2, 0.25) is 0 Å². The van der Waals surface area contributed by atoms with Crippen LogP contribution in [0.5, 0.6) is 5.75 Å². The van der Waals surface area contributed by atoms with Gasteiger partial charge in [0.25, 0.3) is 5.91 Å². The zero-order chi connectivity index (χ0) is 16.6. The maximum atomic E-state index is 13.0. The van der Waals surface area contributed by atoms with Crippen molar-refractivity contribution in [2.45, 2.75) is 18.4 Å². The monoisotopic (exact) mass is 323 g/mol. The summed E-state index contributed by atoms with van der Waals surface area (Å²) in [6, 6.07) is 12.6. The van der Waals surface area contributed by atoms with Gasteiger partial charge in [0.1, 0.15) is 5.75 Å². The summed E-state index contributed by atoms with van der Waals surface area (Å²) in [7, 11) is 0. The number of ether oxygens (including phenoxy) is 1. The van der Waals surface area contributed by atoms with E-state index in [1.54, 1.807) is 6.20 Å². The third-order valence-corrected chi connectivity index (χ3v) is 4.57. The molecule has 2 aliphatic rings. The Hall–Kier alpha value is -2.89. The van der Waals surface area contributed by atoms with E-state index in [9.17, 15) is 9.59 Å². The molecule has 3 heterocycles. The molecule has 0 saturated carbocycles. The number of pyridine rings is 1. The average Bonchev–Trinajstić information content (AvgIpc) is 2.85. The summed E-state index contributed by atoms with van der Waals surface area (Å²) < 4.78 is 5.63. The number of fused-ring (bicyclic) bond motifs is 2. The van der Waals surface area contributed by atoms with Crippen LogP contribution >= 0.6 is 0 Å². The molecule has 0 aliphatic carbocycles. The normalized spacial score (nSPS) is 22.2. The Bertz CT molecular complexity index is 793. The molecule has 1 saturated heterocycles. The number of nitrogens with one attached hydrogen (secondary N) is 1. The molecule has 6 nitrogen and oxygen atoms in total. The van der Waals surface area contributed by atoms with Crippen molar-refractivity contribution in [3.63, 3.8) is 0 Å². The second kappa shape index (κ2) is 5.63. The summed E-state index contributed by atoms with van der Waals surface area (Å²) in [5.74, 6) is 0.447. The van der Waals surface area contributed by atoms with Crippen LogP contribution in [0.15, 0.2) is 48.7 Å². The Labute approximate surface area is 139 Å². The molecule has 1 atom stereocenters. The Morgan fingerprint density at radius 1 is 1.17 bits per heavy atom. The lowest BCUT2D eigenvalue weighted by atomic mass is 9.84. The molecule has 2 aliphatic heterocycles. The van der Waals surface area contributed by atoms with Crippen molar-refractivity contribution in [2.75, 3.05) is 13.2 Å². The Morgan fingerprint density at radius 2 is 2.00 bits per heavy atom. The number of imide groups is 1. The number of urea groups is 1. The number of hydrogen-bond acceptors (Lipinski definition) is 4. The first kappa shape index (κ1) is 14.7. The molecule has 1 aromatic carbocycles. The van der Waals surface area contributed by atoms with E-state index in [1.165, 1.54) is 4.90 Å². The number of aromatic nitrogens is 1. The minimum absolute atomic E-state index is 0.209. The van der Waals surface area contributed by atoms with E-state index in [4.69, 9.17) is 4.74 Å². The SMILES string of the molecule is O=C1N[C@]2(CCOc3ccccc32)C(=O)N1CCc1ccccn1. The summed E-state index contributed by atoms with van der Waals surface area (Å²) in [6.07, 6.45) is 2.68. The first-order chi connectivity index (χ1) is 11.7. The van der Waals surface area contributed by atoms with Crippen LogP contribution in [0, 0.1) is 0 Å². The van der Waals surface area contributed by atoms with Crippen molar-refractivity contribution in [3.05, 3.63) is 59.9 Å². The molecule has 1 spiro atoms. The first-order valence-corrected chi connectivity index (χ1v) is 7.97. The second-order valence-electron chi connectivity index (χ2n) is 5.96. The fraction of sp³-hybridized carbons (Fsp3) is 0.278. The third-order valence-electron chi connectivity index (χ3n) is 4.57. The van der Waals surface area contributed by atoms with Gasteiger partial charge < -0.3 is 10.1 Å². The standard InChI is InChI=1S/C18H17N3O3/c22-16-18(9-12-24-15-7-2-1-6-14(15)18)20-17(23)21(16)11-8-13-5-3-4-10-19-13/h1-7,10H,8-9,11-12H2,(H,20,23)/t18-/m0/s1. The molecular weight excluding hydrogens is 306 g/mol. The molecule has 122 valence electrons. The highest BCUT2D eigenvalue weighted by atomic mass is 16.5. The zero-order valence-corrected chi connectivity index (χ0v) is 13.1. The van der Waals surface area contributed by atoms with Crippen LogP contribution in [-0.2, 0) is 16.8 Å². The van der Waals surface area contributed by atoms with Crippen LogP contribution < -0.4 is 10.1 Å². The molecule has 2 aromatic rings. The topological polar surface area (TPSA) is 71.5 Å². The molecule has 0 bridgehead atoms. The molecule has 1 N–H and O–H groups in total. The van der Waals surface area contributed by atoms with Crippen molar-refractivity contribution < 1.29 is 14.3 Å². The van der Waals surface area contributed by atoms with E-state index >= 15 is 0 Å². The number of nitrogens with zero attached hydrogens (tertiary/aromatic N) is 2. The van der Waals surface area contributed by atoms with Crippen LogP contribution in [0.3, 0.4) is 0 Å². The number of benzene rings is 1. The van der Waals surface area contributed by atoms with Gasteiger partial charge in [0, 0.05) is 36.8 Å². The zero-order valence-electron chi connectivity index (χ0n) is 13.1. The number of rotatable bonds is 3. The van der Waals surface area contributed by atoms with Crippen LogP contribution in [0.25, 0.3) is 0 Å². The maximum Gasteiger partial charge on any atom is 0.325 e. The van der Waals surface area contributed by atoms with Gasteiger partial charge in [0.05, 0.1) is 6.61 Å². The van der Waals surface area contributed by atoms with Crippen LogP contribution in [-0.4, -0.2) is 35.0 Å². The molecule has 24 heavy (non-hydrogen) atoms. The van der Waals surface area contributed by atoms with E-state index in [-0.39, 0.29) is 11.9 Å². The maximum absolute atomic E-state index is 13.0. The van der Waals surface area contributed by atoms with Crippen molar-refractivity contribution in [2.24, 2.45) is 0 Å². The summed E-state index contributed by atoms with van der Waals surface area (Å²) in [4.78, 5) is 31.0. The van der Waals surface area contributed by atoms with Crippen LogP contribution in [0.1, 0.15) is 17.7 Å². The summed E-state index contributed by atoms with van der Waals surface area (Å²) >= 11 is 0. The van der Waals surface area contributed by atoms with Gasteiger partial charge in [-0.2, -0.15) is 0 Å². The smallest absolute Gasteiger partial charge is 0.325 e. The quantitative estimate of drug-likeness (QED) is 0.875. The molecule has 3 amide bonds. The fourth-order valence-electron chi connectivity index (χ4n) is 3.35. The molecule has 0 radical (unpaired) electrons. The number of carbonyl (C=O) groups excluding carboxylic acids is 2. The highest BCUT2D eigenvalue weighted by Gasteiger charge is 2.54. The van der Waals surface area contributed by atoms with Crippen molar-refractivity contribution >= 4 is 11.9 Å².